The maximum atomic E-state index is 4.23. The van der Waals surface area contributed by atoms with Gasteiger partial charge in [0.1, 0.15) is 0 Å². The summed E-state index contributed by atoms with van der Waals surface area (Å²) in [5.41, 5.74) is 1.57. The minimum atomic E-state index is -1.56. The van der Waals surface area contributed by atoms with Crippen LogP contribution in [0.3, 0.4) is 0 Å². The molecule has 0 aromatic carbocycles. The predicted molar refractivity (Wildman–Crippen MR) is 65.4 cm³/mol. The van der Waals surface area contributed by atoms with E-state index in [1.54, 1.807) is 5.57 Å². The summed E-state index contributed by atoms with van der Waals surface area (Å²) < 4.78 is 2.81. The Morgan fingerprint density at radius 3 is 1.25 bits per heavy atom. The zero-order valence-corrected chi connectivity index (χ0v) is 15.3. The molecule has 0 rings (SSSR count). The Hall–Kier alpha value is 1.34. The Balaban J connectivity index is 3.92. The SMILES string of the molecule is C=C([CH2][Sn]([CH3])([CH3])[CH3])[CH2][Sn]([CH3])([CH3])[CH3]. The van der Waals surface area contributed by atoms with Gasteiger partial charge in [0, 0.05) is 0 Å². The van der Waals surface area contributed by atoms with Crippen LogP contribution in [0, 0.1) is 0 Å². The average Bonchev–Trinajstić information content (AvgIpc) is 1.49. The van der Waals surface area contributed by atoms with E-state index in [4.69, 9.17) is 0 Å². The zero-order chi connectivity index (χ0) is 9.99. The number of rotatable bonds is 4. The third-order valence-corrected chi connectivity index (χ3v) is 10.5. The first-order valence-corrected chi connectivity index (χ1v) is 25.9. The van der Waals surface area contributed by atoms with Crippen LogP contribution >= 0.6 is 0 Å². The van der Waals surface area contributed by atoms with E-state index < -0.39 is 36.8 Å². The molecule has 0 N–H and O–H groups in total. The molecule has 0 aliphatic carbocycles. The first-order chi connectivity index (χ1) is 5.10. The van der Waals surface area contributed by atoms with Gasteiger partial charge in [-0.2, -0.15) is 0 Å². The molecule has 0 aliphatic heterocycles. The van der Waals surface area contributed by atoms with Gasteiger partial charge in [-0.15, -0.1) is 0 Å². The molecule has 0 aliphatic rings. The second-order valence-electron chi connectivity index (χ2n) is 6.22. The van der Waals surface area contributed by atoms with Gasteiger partial charge < -0.3 is 0 Å². The van der Waals surface area contributed by atoms with Gasteiger partial charge in [0.15, 0.2) is 0 Å². The molecule has 0 heterocycles. The molecule has 0 spiro atoms. The van der Waals surface area contributed by atoms with Crippen LogP contribution in [-0.4, -0.2) is 36.8 Å². The standard InChI is InChI=1S/C4H6.6CH3.2Sn/c1-4(2)3;;;;;;;;/h1-3H2;6*1H3;;. The molecular weight excluding hydrogens is 358 g/mol. The van der Waals surface area contributed by atoms with Crippen LogP contribution in [0.4, 0.5) is 0 Å². The van der Waals surface area contributed by atoms with Crippen molar-refractivity contribution in [1.82, 2.24) is 0 Å². The molecule has 0 unspecified atom stereocenters. The van der Waals surface area contributed by atoms with E-state index in [1.807, 2.05) is 0 Å². The van der Waals surface area contributed by atoms with E-state index in [1.165, 1.54) is 8.87 Å². The van der Waals surface area contributed by atoms with Gasteiger partial charge in [-0.3, -0.25) is 0 Å². The summed E-state index contributed by atoms with van der Waals surface area (Å²) in [5.74, 6) is 0. The molecule has 0 aromatic heterocycles. The van der Waals surface area contributed by atoms with Gasteiger partial charge >= 0.3 is 87.4 Å². The van der Waals surface area contributed by atoms with Crippen molar-refractivity contribution in [2.45, 2.75) is 38.5 Å². The molecule has 0 atom stereocenters. The summed E-state index contributed by atoms with van der Waals surface area (Å²) in [5, 5.41) is 0. The predicted octanol–water partition coefficient (Wildman–Crippen LogP) is 4.22. The maximum absolute atomic E-state index is 4.23. The Labute approximate surface area is 86.6 Å². The van der Waals surface area contributed by atoms with Crippen molar-refractivity contribution in [2.24, 2.45) is 0 Å². The van der Waals surface area contributed by atoms with Crippen molar-refractivity contribution >= 4 is 36.8 Å². The molecule has 72 valence electrons. The number of hydrogen-bond acceptors (Lipinski definition) is 0. The van der Waals surface area contributed by atoms with E-state index in [0.29, 0.717) is 0 Å². The van der Waals surface area contributed by atoms with Gasteiger partial charge in [-0.05, 0) is 0 Å². The molecular formula is C10H24Sn2. The van der Waals surface area contributed by atoms with Crippen LogP contribution in [0.15, 0.2) is 12.2 Å². The van der Waals surface area contributed by atoms with Crippen LogP contribution in [0.25, 0.3) is 0 Å². The summed E-state index contributed by atoms with van der Waals surface area (Å²) >= 11 is -3.11. The minimum absolute atomic E-state index is 1.41. The van der Waals surface area contributed by atoms with Crippen molar-refractivity contribution < 1.29 is 0 Å². The Morgan fingerprint density at radius 2 is 1.08 bits per heavy atom. The normalized spacial score (nSPS) is 13.2. The second kappa shape index (κ2) is 4.72. The van der Waals surface area contributed by atoms with Gasteiger partial charge in [0.2, 0.25) is 0 Å². The van der Waals surface area contributed by atoms with Crippen molar-refractivity contribution in [3.05, 3.63) is 12.2 Å². The van der Waals surface area contributed by atoms with E-state index in [0.717, 1.165) is 0 Å². The Morgan fingerprint density at radius 1 is 0.833 bits per heavy atom. The fourth-order valence-electron chi connectivity index (χ4n) is 1.56. The van der Waals surface area contributed by atoms with E-state index in [-0.39, 0.29) is 0 Å². The van der Waals surface area contributed by atoms with Crippen molar-refractivity contribution in [3.8, 4) is 0 Å². The molecule has 0 radical (unpaired) electrons. The zero-order valence-electron chi connectivity index (χ0n) is 9.62. The molecule has 12 heavy (non-hydrogen) atoms. The van der Waals surface area contributed by atoms with E-state index in [2.05, 4.69) is 36.2 Å². The van der Waals surface area contributed by atoms with E-state index in [9.17, 15) is 0 Å². The first-order valence-electron chi connectivity index (χ1n) is 4.77. The van der Waals surface area contributed by atoms with Crippen molar-refractivity contribution in [3.63, 3.8) is 0 Å². The summed E-state index contributed by atoms with van der Waals surface area (Å²) in [6.45, 7) is 4.23. The topological polar surface area (TPSA) is 0 Å². The van der Waals surface area contributed by atoms with Crippen LogP contribution in [0.5, 0.6) is 0 Å². The van der Waals surface area contributed by atoms with Gasteiger partial charge in [0.25, 0.3) is 0 Å². The van der Waals surface area contributed by atoms with Crippen LogP contribution in [-0.2, 0) is 0 Å². The quantitative estimate of drug-likeness (QED) is 0.505. The molecule has 0 fully saturated rings. The Bertz CT molecular complexity index is 140. The molecule has 0 amide bonds. The monoisotopic (exact) mass is 384 g/mol. The fraction of sp³-hybridized carbons (Fsp3) is 0.800. The third kappa shape index (κ3) is 9.43. The van der Waals surface area contributed by atoms with Gasteiger partial charge in [0.05, 0.1) is 0 Å². The number of allylic oxidation sites excluding steroid dienone is 1. The summed E-state index contributed by atoms with van der Waals surface area (Å²) in [6.07, 6.45) is 0. The first kappa shape index (κ1) is 13.3. The molecule has 0 aromatic rings. The van der Waals surface area contributed by atoms with Crippen molar-refractivity contribution in [2.75, 3.05) is 0 Å². The molecule has 0 saturated heterocycles. The summed E-state index contributed by atoms with van der Waals surface area (Å²) in [4.78, 5) is 15.0. The van der Waals surface area contributed by atoms with Crippen LogP contribution in [0.1, 0.15) is 0 Å². The van der Waals surface area contributed by atoms with Crippen LogP contribution in [0.2, 0.25) is 38.5 Å². The summed E-state index contributed by atoms with van der Waals surface area (Å²) in [6, 6.07) is 0. The third-order valence-electron chi connectivity index (χ3n) is 1.56. The second-order valence-corrected chi connectivity index (χ2v) is 37.5. The van der Waals surface area contributed by atoms with Gasteiger partial charge in [-0.1, -0.05) is 0 Å². The molecule has 0 saturated carbocycles. The number of hydrogen-bond donors (Lipinski definition) is 0. The average molecular weight is 382 g/mol. The summed E-state index contributed by atoms with van der Waals surface area (Å²) in [7, 11) is 0. The molecule has 2 heteroatoms. The van der Waals surface area contributed by atoms with Crippen molar-refractivity contribution in [1.29, 1.82) is 0 Å². The molecule has 0 bridgehead atoms. The molecule has 0 nitrogen and oxygen atoms in total. The Kier molecular flexibility index (Phi) is 5.24. The van der Waals surface area contributed by atoms with E-state index >= 15 is 0 Å². The van der Waals surface area contributed by atoms with Crippen LogP contribution < -0.4 is 0 Å². The fourth-order valence-corrected chi connectivity index (χ4v) is 12.9. The van der Waals surface area contributed by atoms with Gasteiger partial charge in [-0.25, -0.2) is 0 Å².